The number of halogens is 1. The molecule has 0 radical (unpaired) electrons. The summed E-state index contributed by atoms with van der Waals surface area (Å²) in [5.41, 5.74) is 7.28. The van der Waals surface area contributed by atoms with Crippen molar-refractivity contribution in [1.29, 1.82) is 0 Å². The molecule has 22 heavy (non-hydrogen) atoms. The first-order valence-corrected chi connectivity index (χ1v) is 7.40. The molecule has 0 aliphatic heterocycles. The molecule has 6 heteroatoms. The highest BCUT2D eigenvalue weighted by Crippen LogP contribution is 2.17. The SMILES string of the molecule is Cl.NC1CCC(NC(=O)c2ccn(-c3ccccc3)n2)CC1. The fraction of sp³-hybridized carbons (Fsp3) is 0.375. The molecular formula is C16H21ClN4O. The number of nitrogens with one attached hydrogen (secondary N) is 1. The molecule has 3 N–H and O–H groups in total. The van der Waals surface area contributed by atoms with Crippen LogP contribution in [0.3, 0.4) is 0 Å². The lowest BCUT2D eigenvalue weighted by Crippen LogP contribution is -2.40. The zero-order valence-electron chi connectivity index (χ0n) is 12.3. The summed E-state index contributed by atoms with van der Waals surface area (Å²) in [6, 6.07) is 12.0. The second-order valence-electron chi connectivity index (χ2n) is 5.57. The smallest absolute Gasteiger partial charge is 0.272 e. The van der Waals surface area contributed by atoms with Crippen LogP contribution in [-0.4, -0.2) is 27.8 Å². The molecule has 1 saturated carbocycles. The molecule has 1 aliphatic rings. The molecule has 1 aromatic heterocycles. The van der Waals surface area contributed by atoms with Crippen molar-refractivity contribution in [2.75, 3.05) is 0 Å². The molecule has 1 aromatic carbocycles. The van der Waals surface area contributed by atoms with Crippen LogP contribution in [0, 0.1) is 0 Å². The Morgan fingerprint density at radius 1 is 1.14 bits per heavy atom. The third kappa shape index (κ3) is 3.87. The lowest BCUT2D eigenvalue weighted by Gasteiger charge is -2.26. The van der Waals surface area contributed by atoms with Crippen molar-refractivity contribution in [1.82, 2.24) is 15.1 Å². The van der Waals surface area contributed by atoms with Crippen LogP contribution in [0.4, 0.5) is 0 Å². The lowest BCUT2D eigenvalue weighted by atomic mass is 9.92. The van der Waals surface area contributed by atoms with Gasteiger partial charge in [-0.1, -0.05) is 18.2 Å². The van der Waals surface area contributed by atoms with Gasteiger partial charge < -0.3 is 11.1 Å². The predicted molar refractivity (Wildman–Crippen MR) is 88.5 cm³/mol. The number of hydrogen-bond acceptors (Lipinski definition) is 3. The monoisotopic (exact) mass is 320 g/mol. The maximum absolute atomic E-state index is 12.2. The second-order valence-corrected chi connectivity index (χ2v) is 5.57. The number of carbonyl (C=O) groups is 1. The largest absolute Gasteiger partial charge is 0.348 e. The molecule has 1 fully saturated rings. The van der Waals surface area contributed by atoms with Crippen LogP contribution in [0.5, 0.6) is 0 Å². The summed E-state index contributed by atoms with van der Waals surface area (Å²) in [6.45, 7) is 0. The number of nitrogens with two attached hydrogens (primary N) is 1. The second kappa shape index (κ2) is 7.42. The van der Waals surface area contributed by atoms with E-state index in [0.717, 1.165) is 31.4 Å². The normalized spacial score (nSPS) is 21.0. The number of nitrogens with zero attached hydrogens (tertiary/aromatic N) is 2. The zero-order valence-corrected chi connectivity index (χ0v) is 13.1. The minimum atomic E-state index is -0.106. The standard InChI is InChI=1S/C16H20N4O.ClH/c17-12-6-8-13(9-7-12)18-16(21)15-10-11-20(19-15)14-4-2-1-3-5-14;/h1-5,10-13H,6-9,17H2,(H,18,21);1H. The van der Waals surface area contributed by atoms with Gasteiger partial charge >= 0.3 is 0 Å². The van der Waals surface area contributed by atoms with Crippen molar-refractivity contribution >= 4 is 18.3 Å². The summed E-state index contributed by atoms with van der Waals surface area (Å²) in [4.78, 5) is 12.2. The maximum Gasteiger partial charge on any atom is 0.272 e. The highest BCUT2D eigenvalue weighted by atomic mass is 35.5. The van der Waals surface area contributed by atoms with E-state index < -0.39 is 0 Å². The van der Waals surface area contributed by atoms with Crippen LogP contribution in [0.15, 0.2) is 42.6 Å². The Hall–Kier alpha value is -1.85. The summed E-state index contributed by atoms with van der Waals surface area (Å²) in [7, 11) is 0. The van der Waals surface area contributed by atoms with Gasteiger partial charge in [0, 0.05) is 18.3 Å². The third-order valence-electron chi connectivity index (χ3n) is 3.95. The van der Waals surface area contributed by atoms with Crippen LogP contribution >= 0.6 is 12.4 Å². The van der Waals surface area contributed by atoms with E-state index in [1.165, 1.54) is 0 Å². The van der Waals surface area contributed by atoms with Crippen molar-refractivity contribution in [3.05, 3.63) is 48.3 Å². The van der Waals surface area contributed by atoms with Crippen LogP contribution in [0.2, 0.25) is 0 Å². The first kappa shape index (κ1) is 16.5. The Morgan fingerprint density at radius 3 is 2.50 bits per heavy atom. The predicted octanol–water partition coefficient (Wildman–Crippen LogP) is 2.29. The molecule has 1 heterocycles. The van der Waals surface area contributed by atoms with Crippen molar-refractivity contribution in [2.24, 2.45) is 5.73 Å². The van der Waals surface area contributed by atoms with Gasteiger partial charge in [-0.3, -0.25) is 4.79 Å². The number of hydrogen-bond donors (Lipinski definition) is 2. The summed E-state index contributed by atoms with van der Waals surface area (Å²) in [6.07, 6.45) is 5.66. The Balaban J connectivity index is 0.00000176. The topological polar surface area (TPSA) is 72.9 Å². The average molecular weight is 321 g/mol. The number of carbonyl (C=O) groups excluding carboxylic acids is 1. The number of benzene rings is 1. The molecule has 3 rings (SSSR count). The van der Waals surface area contributed by atoms with Gasteiger partial charge in [0.05, 0.1) is 5.69 Å². The quantitative estimate of drug-likeness (QED) is 0.911. The highest BCUT2D eigenvalue weighted by Gasteiger charge is 2.21. The minimum Gasteiger partial charge on any atom is -0.348 e. The van der Waals surface area contributed by atoms with Gasteiger partial charge in [0.15, 0.2) is 5.69 Å². The van der Waals surface area contributed by atoms with Crippen LogP contribution in [0.25, 0.3) is 5.69 Å². The molecule has 0 atom stereocenters. The molecule has 1 amide bonds. The van der Waals surface area contributed by atoms with E-state index in [-0.39, 0.29) is 30.4 Å². The Morgan fingerprint density at radius 2 is 1.82 bits per heavy atom. The van der Waals surface area contributed by atoms with E-state index in [0.29, 0.717) is 5.69 Å². The first-order chi connectivity index (χ1) is 10.2. The van der Waals surface area contributed by atoms with E-state index in [9.17, 15) is 4.79 Å². The van der Waals surface area contributed by atoms with Gasteiger partial charge in [0.1, 0.15) is 0 Å². The van der Waals surface area contributed by atoms with Crippen molar-refractivity contribution in [3.8, 4) is 5.69 Å². The van der Waals surface area contributed by atoms with E-state index in [4.69, 9.17) is 5.73 Å². The van der Waals surface area contributed by atoms with Crippen molar-refractivity contribution < 1.29 is 4.79 Å². The van der Waals surface area contributed by atoms with E-state index in [1.54, 1.807) is 16.9 Å². The van der Waals surface area contributed by atoms with Gasteiger partial charge in [-0.15, -0.1) is 12.4 Å². The summed E-state index contributed by atoms with van der Waals surface area (Å²) in [5, 5.41) is 7.39. The fourth-order valence-electron chi connectivity index (χ4n) is 2.69. The molecule has 118 valence electrons. The van der Waals surface area contributed by atoms with Crippen LogP contribution in [-0.2, 0) is 0 Å². The summed E-state index contributed by atoms with van der Waals surface area (Å²) >= 11 is 0. The molecule has 2 aromatic rings. The van der Waals surface area contributed by atoms with Crippen molar-refractivity contribution in [2.45, 2.75) is 37.8 Å². The highest BCUT2D eigenvalue weighted by molar-refractivity contribution is 5.92. The molecular weight excluding hydrogens is 300 g/mol. The van der Waals surface area contributed by atoms with Crippen LogP contribution in [0.1, 0.15) is 36.2 Å². The van der Waals surface area contributed by atoms with Gasteiger partial charge in [0.25, 0.3) is 5.91 Å². The molecule has 0 spiro atoms. The molecule has 0 saturated heterocycles. The number of amides is 1. The minimum absolute atomic E-state index is 0. The zero-order chi connectivity index (χ0) is 14.7. The molecule has 5 nitrogen and oxygen atoms in total. The Bertz CT molecular complexity index is 606. The molecule has 1 aliphatic carbocycles. The van der Waals surface area contributed by atoms with Gasteiger partial charge in [-0.2, -0.15) is 5.10 Å². The molecule has 0 bridgehead atoms. The van der Waals surface area contributed by atoms with Crippen LogP contribution < -0.4 is 11.1 Å². The number of rotatable bonds is 3. The number of aromatic nitrogens is 2. The maximum atomic E-state index is 12.2. The van der Waals surface area contributed by atoms with Crippen molar-refractivity contribution in [3.63, 3.8) is 0 Å². The first-order valence-electron chi connectivity index (χ1n) is 7.40. The van der Waals surface area contributed by atoms with E-state index in [1.807, 2.05) is 30.3 Å². The lowest BCUT2D eigenvalue weighted by molar-refractivity contribution is 0.0920. The Kier molecular flexibility index (Phi) is 5.57. The van der Waals surface area contributed by atoms with E-state index >= 15 is 0 Å². The average Bonchev–Trinajstić information content (AvgIpc) is 3.00. The van der Waals surface area contributed by atoms with E-state index in [2.05, 4.69) is 10.4 Å². The number of para-hydroxylation sites is 1. The summed E-state index contributed by atoms with van der Waals surface area (Å²) < 4.78 is 1.71. The fourth-order valence-corrected chi connectivity index (χ4v) is 2.69. The Labute approximate surface area is 136 Å². The third-order valence-corrected chi connectivity index (χ3v) is 3.95. The van der Waals surface area contributed by atoms with Gasteiger partial charge in [0.2, 0.25) is 0 Å². The summed E-state index contributed by atoms with van der Waals surface area (Å²) in [5.74, 6) is -0.106. The molecule has 0 unspecified atom stereocenters. The van der Waals surface area contributed by atoms with Gasteiger partial charge in [-0.05, 0) is 43.9 Å². The van der Waals surface area contributed by atoms with Gasteiger partial charge in [-0.25, -0.2) is 4.68 Å².